The second-order valence-corrected chi connectivity index (χ2v) is 9.67. The lowest BCUT2D eigenvalue weighted by Crippen LogP contribution is -2.45. The van der Waals surface area contributed by atoms with Gasteiger partial charge < -0.3 is 20.6 Å². The fourth-order valence-electron chi connectivity index (χ4n) is 3.84. The third-order valence-electron chi connectivity index (χ3n) is 6.13. The van der Waals surface area contributed by atoms with Crippen molar-refractivity contribution in [3.8, 4) is 0 Å². The Bertz CT molecular complexity index is 666. The molecule has 212 valence electrons. The lowest BCUT2D eigenvalue weighted by molar-refractivity contribution is -0.124. The molecular weight excluding hydrogens is 462 g/mol. The highest BCUT2D eigenvalue weighted by Crippen LogP contribution is 2.10. The predicted molar refractivity (Wildman–Crippen MR) is 157 cm³/mol. The van der Waals surface area contributed by atoms with Gasteiger partial charge in [-0.05, 0) is 64.7 Å². The number of unbranched alkanes of at least 4 members (excludes halogenated alkanes) is 9. The summed E-state index contributed by atoms with van der Waals surface area (Å²) in [5.74, 6) is -0.351. The van der Waals surface area contributed by atoms with Crippen molar-refractivity contribution >= 4 is 5.91 Å². The number of amides is 1. The Labute approximate surface area is 227 Å². The largest absolute Gasteiger partial charge is 0.394 e. The van der Waals surface area contributed by atoms with Crippen LogP contribution in [-0.2, 0) is 4.79 Å². The van der Waals surface area contributed by atoms with Gasteiger partial charge in [-0.25, -0.2) is 0 Å². The van der Waals surface area contributed by atoms with E-state index in [-0.39, 0.29) is 18.9 Å². The zero-order chi connectivity index (χ0) is 27.4. The molecule has 0 heterocycles. The van der Waals surface area contributed by atoms with Crippen LogP contribution < -0.4 is 5.32 Å². The topological polar surface area (TPSA) is 89.8 Å². The molecule has 0 saturated heterocycles. The van der Waals surface area contributed by atoms with Gasteiger partial charge in [0.25, 0.3) is 0 Å². The molecule has 0 aliphatic heterocycles. The summed E-state index contributed by atoms with van der Waals surface area (Å²) in [5.41, 5.74) is 0. The van der Waals surface area contributed by atoms with E-state index in [1.165, 1.54) is 19.3 Å². The number of aliphatic hydroxyl groups excluding tert-OH is 3. The molecular formula is C32H55NO4. The van der Waals surface area contributed by atoms with Crippen molar-refractivity contribution in [2.75, 3.05) is 6.61 Å². The molecule has 0 aromatic carbocycles. The first-order valence-electron chi connectivity index (χ1n) is 14.6. The first-order chi connectivity index (χ1) is 18.0. The highest BCUT2D eigenvalue weighted by atomic mass is 16.3. The maximum Gasteiger partial charge on any atom is 0.222 e. The van der Waals surface area contributed by atoms with E-state index in [0.29, 0.717) is 6.42 Å². The molecule has 0 spiro atoms. The summed E-state index contributed by atoms with van der Waals surface area (Å²) < 4.78 is 0. The van der Waals surface area contributed by atoms with E-state index in [1.54, 1.807) is 6.08 Å². The molecule has 4 N–H and O–H groups in total. The van der Waals surface area contributed by atoms with Crippen molar-refractivity contribution in [2.24, 2.45) is 0 Å². The average molecular weight is 518 g/mol. The van der Waals surface area contributed by atoms with E-state index in [4.69, 9.17) is 0 Å². The van der Waals surface area contributed by atoms with Crippen molar-refractivity contribution < 1.29 is 20.1 Å². The molecule has 0 aromatic heterocycles. The minimum atomic E-state index is -0.963. The average Bonchev–Trinajstić information content (AvgIpc) is 2.88. The number of carbonyl (C=O) groups excluding carboxylic acids is 1. The maximum absolute atomic E-state index is 12.2. The predicted octanol–water partition coefficient (Wildman–Crippen LogP) is 6.86. The number of hydrogen-bond donors (Lipinski definition) is 4. The summed E-state index contributed by atoms with van der Waals surface area (Å²) >= 11 is 0. The Balaban J connectivity index is 3.93. The maximum atomic E-state index is 12.2. The monoisotopic (exact) mass is 517 g/mol. The summed E-state index contributed by atoms with van der Waals surface area (Å²) in [4.78, 5) is 12.2. The van der Waals surface area contributed by atoms with Crippen LogP contribution in [0.4, 0.5) is 0 Å². The number of rotatable bonds is 24. The third kappa shape index (κ3) is 24.2. The van der Waals surface area contributed by atoms with Gasteiger partial charge in [0.15, 0.2) is 0 Å². The molecule has 0 bridgehead atoms. The van der Waals surface area contributed by atoms with Crippen LogP contribution in [0.1, 0.15) is 110 Å². The van der Waals surface area contributed by atoms with Crippen LogP contribution in [0.25, 0.3) is 0 Å². The number of allylic oxidation sites excluding steroid dienone is 9. The number of nitrogens with one attached hydrogen (secondary N) is 1. The van der Waals surface area contributed by atoms with Crippen molar-refractivity contribution in [3.63, 3.8) is 0 Å². The van der Waals surface area contributed by atoms with E-state index in [1.807, 2.05) is 19.1 Å². The highest BCUT2D eigenvalue weighted by Gasteiger charge is 2.19. The van der Waals surface area contributed by atoms with Crippen LogP contribution in [-0.4, -0.2) is 46.1 Å². The fourth-order valence-corrected chi connectivity index (χ4v) is 3.84. The van der Waals surface area contributed by atoms with E-state index in [2.05, 4.69) is 54.8 Å². The Kier molecular flexibility index (Phi) is 25.7. The number of aliphatic hydroxyl groups is 3. The van der Waals surface area contributed by atoms with Gasteiger partial charge in [0, 0.05) is 0 Å². The van der Waals surface area contributed by atoms with Crippen molar-refractivity contribution in [3.05, 3.63) is 60.8 Å². The molecule has 1 amide bonds. The normalized spacial score (nSPS) is 15.1. The SMILES string of the molecule is C/C=C/CC/C=C/CC/C=C/C(O)C(CO)NC(=O)CC(O)CCCCCC/C=C\C=C/CCCCC. The van der Waals surface area contributed by atoms with Gasteiger partial charge >= 0.3 is 0 Å². The van der Waals surface area contributed by atoms with Crippen LogP contribution in [0.15, 0.2) is 60.8 Å². The molecule has 3 atom stereocenters. The van der Waals surface area contributed by atoms with Crippen LogP contribution in [0, 0.1) is 0 Å². The van der Waals surface area contributed by atoms with Gasteiger partial charge in [-0.1, -0.05) is 99.8 Å². The Hall–Kier alpha value is -1.95. The molecule has 5 heteroatoms. The van der Waals surface area contributed by atoms with Gasteiger partial charge in [-0.3, -0.25) is 4.79 Å². The van der Waals surface area contributed by atoms with Crippen molar-refractivity contribution in [1.82, 2.24) is 5.32 Å². The second-order valence-electron chi connectivity index (χ2n) is 9.67. The minimum absolute atomic E-state index is 0.0156. The van der Waals surface area contributed by atoms with Gasteiger partial charge in [-0.15, -0.1) is 0 Å². The Morgan fingerprint density at radius 1 is 0.757 bits per heavy atom. The van der Waals surface area contributed by atoms with Gasteiger partial charge in [0.1, 0.15) is 0 Å². The van der Waals surface area contributed by atoms with Crippen LogP contribution >= 0.6 is 0 Å². The molecule has 0 saturated carbocycles. The lowest BCUT2D eigenvalue weighted by Gasteiger charge is -2.20. The lowest BCUT2D eigenvalue weighted by atomic mass is 10.0. The van der Waals surface area contributed by atoms with Crippen LogP contribution in [0.3, 0.4) is 0 Å². The first kappa shape index (κ1) is 35.0. The Morgan fingerprint density at radius 2 is 1.35 bits per heavy atom. The van der Waals surface area contributed by atoms with Crippen LogP contribution in [0.5, 0.6) is 0 Å². The number of carbonyl (C=O) groups is 1. The molecule has 0 fully saturated rings. The van der Waals surface area contributed by atoms with E-state index in [0.717, 1.165) is 64.2 Å². The summed E-state index contributed by atoms with van der Waals surface area (Å²) in [6.45, 7) is 3.88. The van der Waals surface area contributed by atoms with Gasteiger partial charge in [-0.2, -0.15) is 0 Å². The molecule has 0 rings (SSSR count). The van der Waals surface area contributed by atoms with E-state index in [9.17, 15) is 20.1 Å². The molecule has 5 nitrogen and oxygen atoms in total. The number of hydrogen-bond acceptors (Lipinski definition) is 4. The smallest absolute Gasteiger partial charge is 0.222 e. The zero-order valence-corrected chi connectivity index (χ0v) is 23.6. The van der Waals surface area contributed by atoms with Crippen LogP contribution in [0.2, 0.25) is 0 Å². The summed E-state index contributed by atoms with van der Waals surface area (Å²) in [6, 6.07) is -0.772. The van der Waals surface area contributed by atoms with Crippen molar-refractivity contribution in [1.29, 1.82) is 0 Å². The van der Waals surface area contributed by atoms with E-state index < -0.39 is 18.2 Å². The summed E-state index contributed by atoms with van der Waals surface area (Å²) in [6.07, 6.45) is 33.5. The quantitative estimate of drug-likeness (QED) is 0.0640. The fraction of sp³-hybridized carbons (Fsp3) is 0.656. The van der Waals surface area contributed by atoms with Crippen molar-refractivity contribution in [2.45, 2.75) is 128 Å². The Morgan fingerprint density at radius 3 is 1.97 bits per heavy atom. The standard InChI is InChI=1S/C32H55NO4/c1-3-5-7-9-11-13-14-15-16-18-19-21-23-25-29(35)27-32(37)33-30(28-34)31(36)26-24-22-20-17-12-10-8-6-4-2/h4,6,11-15,17,24,26,29-31,34-36H,3,5,7-10,16,18-23,25,27-28H2,1-2H3,(H,33,37)/b6-4+,13-11-,15-14-,17-12+,26-24+. The first-order valence-corrected chi connectivity index (χ1v) is 14.6. The minimum Gasteiger partial charge on any atom is -0.394 e. The van der Waals surface area contributed by atoms with Gasteiger partial charge in [0.05, 0.1) is 31.3 Å². The summed E-state index contributed by atoms with van der Waals surface area (Å²) in [5, 5.41) is 32.7. The molecule has 3 unspecified atom stereocenters. The molecule has 0 aliphatic rings. The highest BCUT2D eigenvalue weighted by molar-refractivity contribution is 5.76. The van der Waals surface area contributed by atoms with Gasteiger partial charge in [0.2, 0.25) is 5.91 Å². The second kappa shape index (κ2) is 27.1. The molecule has 0 radical (unpaired) electrons. The molecule has 37 heavy (non-hydrogen) atoms. The zero-order valence-electron chi connectivity index (χ0n) is 23.6. The molecule has 0 aliphatic carbocycles. The summed E-state index contributed by atoms with van der Waals surface area (Å²) in [7, 11) is 0. The van der Waals surface area contributed by atoms with E-state index >= 15 is 0 Å². The third-order valence-corrected chi connectivity index (χ3v) is 6.13. The molecule has 0 aromatic rings.